The number of rotatable bonds is 6. The van der Waals surface area contributed by atoms with Gasteiger partial charge >= 0.3 is 12.1 Å². The zero-order valence-electron chi connectivity index (χ0n) is 18.0. The van der Waals surface area contributed by atoms with E-state index in [4.69, 9.17) is 4.74 Å². The highest BCUT2D eigenvalue weighted by Gasteiger charge is 2.31. The second-order valence-corrected chi connectivity index (χ2v) is 8.60. The first kappa shape index (κ1) is 21.9. The molecule has 1 fully saturated rings. The number of alkyl carbamates (subject to hydrolysis) is 1. The van der Waals surface area contributed by atoms with Crippen LogP contribution in [-0.2, 0) is 14.3 Å². The largest absolute Gasteiger partial charge is 0.481 e. The number of fused-ring (bicyclic) bond motifs is 3. The molecular weight excluding hydrogens is 408 g/mol. The number of carboxylic acids is 1. The summed E-state index contributed by atoms with van der Waals surface area (Å²) in [5, 5.41) is 14.6. The molecule has 0 bridgehead atoms. The standard InChI is InChI=1S/C25H28N2O5/c1-15(23(28)27-17-8-6-7-16(13-17)24(29)30)26-25(31)32-14-22-20-11-4-2-9-18(20)19-10-3-5-12-21(19)22/h2-5,9-12,15-17,22H,6-8,13-14H2,1H3,(H,26,31)(H,27,28)(H,29,30)/t15?,16-,17-/m1/s1. The molecule has 2 aromatic rings. The van der Waals surface area contributed by atoms with Crippen molar-refractivity contribution in [3.63, 3.8) is 0 Å². The molecule has 4 rings (SSSR count). The van der Waals surface area contributed by atoms with Crippen LogP contribution in [0.4, 0.5) is 4.79 Å². The van der Waals surface area contributed by atoms with Crippen LogP contribution in [0.3, 0.4) is 0 Å². The minimum atomic E-state index is -0.825. The zero-order chi connectivity index (χ0) is 22.7. The minimum Gasteiger partial charge on any atom is -0.481 e. The Labute approximate surface area is 187 Å². The van der Waals surface area contributed by atoms with Crippen LogP contribution in [0.15, 0.2) is 48.5 Å². The maximum absolute atomic E-state index is 12.5. The number of nitrogens with one attached hydrogen (secondary N) is 2. The second-order valence-electron chi connectivity index (χ2n) is 8.60. The van der Waals surface area contributed by atoms with E-state index in [0.717, 1.165) is 35.1 Å². The summed E-state index contributed by atoms with van der Waals surface area (Å²) in [6.07, 6.45) is 1.90. The molecule has 0 heterocycles. The number of amides is 2. The third kappa shape index (κ3) is 4.61. The zero-order valence-corrected chi connectivity index (χ0v) is 18.0. The van der Waals surface area contributed by atoms with E-state index < -0.39 is 24.0 Å². The number of hydrogen-bond donors (Lipinski definition) is 3. The number of aliphatic carboxylic acids is 1. The quantitative estimate of drug-likeness (QED) is 0.641. The van der Waals surface area contributed by atoms with Gasteiger partial charge in [-0.25, -0.2) is 4.79 Å². The van der Waals surface area contributed by atoms with Gasteiger partial charge in [0.15, 0.2) is 0 Å². The molecule has 168 valence electrons. The third-order valence-electron chi connectivity index (χ3n) is 6.44. The van der Waals surface area contributed by atoms with Gasteiger partial charge in [-0.05, 0) is 48.4 Å². The van der Waals surface area contributed by atoms with Crippen molar-refractivity contribution in [1.29, 1.82) is 0 Å². The van der Waals surface area contributed by atoms with Crippen molar-refractivity contribution in [3.8, 4) is 11.1 Å². The van der Waals surface area contributed by atoms with Crippen LogP contribution in [0.1, 0.15) is 49.7 Å². The van der Waals surface area contributed by atoms with Gasteiger partial charge in [0.05, 0.1) is 5.92 Å². The van der Waals surface area contributed by atoms with Crippen molar-refractivity contribution < 1.29 is 24.2 Å². The van der Waals surface area contributed by atoms with E-state index in [-0.39, 0.29) is 24.5 Å². The summed E-state index contributed by atoms with van der Waals surface area (Å²) in [5.74, 6) is -1.64. The molecule has 1 unspecified atom stereocenters. The van der Waals surface area contributed by atoms with Crippen molar-refractivity contribution in [2.75, 3.05) is 6.61 Å². The molecule has 2 amide bonds. The normalized spacial score (nSPS) is 20.5. The highest BCUT2D eigenvalue weighted by atomic mass is 16.5. The van der Waals surface area contributed by atoms with E-state index in [1.54, 1.807) is 6.92 Å². The first-order valence-electron chi connectivity index (χ1n) is 11.1. The van der Waals surface area contributed by atoms with Crippen LogP contribution < -0.4 is 10.6 Å². The fraction of sp³-hybridized carbons (Fsp3) is 0.400. The first-order valence-corrected chi connectivity index (χ1v) is 11.1. The predicted octanol–water partition coefficient (Wildman–Crippen LogP) is 3.67. The van der Waals surface area contributed by atoms with Crippen LogP contribution in [0.25, 0.3) is 11.1 Å². The average molecular weight is 437 g/mol. The Bertz CT molecular complexity index is 975. The molecule has 0 aliphatic heterocycles. The summed E-state index contributed by atoms with van der Waals surface area (Å²) >= 11 is 0. The lowest BCUT2D eigenvalue weighted by molar-refractivity contribution is -0.143. The highest BCUT2D eigenvalue weighted by Crippen LogP contribution is 2.44. The summed E-state index contributed by atoms with van der Waals surface area (Å²) in [7, 11) is 0. The lowest BCUT2D eigenvalue weighted by Gasteiger charge is -2.28. The smallest absolute Gasteiger partial charge is 0.407 e. The van der Waals surface area contributed by atoms with Gasteiger partial charge in [-0.3, -0.25) is 9.59 Å². The molecule has 7 heteroatoms. The fourth-order valence-electron chi connectivity index (χ4n) is 4.75. The van der Waals surface area contributed by atoms with Crippen LogP contribution >= 0.6 is 0 Å². The van der Waals surface area contributed by atoms with Crippen LogP contribution in [0.2, 0.25) is 0 Å². The Morgan fingerprint density at radius 1 is 1.03 bits per heavy atom. The molecule has 7 nitrogen and oxygen atoms in total. The van der Waals surface area contributed by atoms with Gasteiger partial charge in [0, 0.05) is 12.0 Å². The maximum Gasteiger partial charge on any atom is 0.407 e. The van der Waals surface area contributed by atoms with Gasteiger partial charge in [0.1, 0.15) is 12.6 Å². The number of carboxylic acid groups (broad SMARTS) is 1. The minimum absolute atomic E-state index is 0.0486. The van der Waals surface area contributed by atoms with Gasteiger partial charge in [-0.2, -0.15) is 0 Å². The predicted molar refractivity (Wildman–Crippen MR) is 119 cm³/mol. The van der Waals surface area contributed by atoms with Crippen molar-refractivity contribution in [3.05, 3.63) is 59.7 Å². The lowest BCUT2D eigenvalue weighted by Crippen LogP contribution is -2.49. The molecule has 1 saturated carbocycles. The summed E-state index contributed by atoms with van der Waals surface area (Å²) in [6.45, 7) is 1.77. The number of benzene rings is 2. The number of carbonyl (C=O) groups is 3. The summed E-state index contributed by atoms with van der Waals surface area (Å²) in [5.41, 5.74) is 4.55. The van der Waals surface area contributed by atoms with E-state index >= 15 is 0 Å². The fourth-order valence-corrected chi connectivity index (χ4v) is 4.75. The number of carbonyl (C=O) groups excluding carboxylic acids is 2. The Balaban J connectivity index is 1.30. The van der Waals surface area contributed by atoms with E-state index in [1.807, 2.05) is 36.4 Å². The van der Waals surface area contributed by atoms with E-state index in [1.165, 1.54) is 0 Å². The average Bonchev–Trinajstić information content (AvgIpc) is 3.11. The van der Waals surface area contributed by atoms with Crippen LogP contribution in [0, 0.1) is 5.92 Å². The second kappa shape index (κ2) is 9.42. The van der Waals surface area contributed by atoms with Gasteiger partial charge in [0.2, 0.25) is 5.91 Å². The molecule has 3 N–H and O–H groups in total. The Morgan fingerprint density at radius 3 is 2.28 bits per heavy atom. The maximum atomic E-state index is 12.5. The monoisotopic (exact) mass is 436 g/mol. The molecule has 2 aliphatic rings. The molecular formula is C25H28N2O5. The molecule has 0 radical (unpaired) electrons. The van der Waals surface area contributed by atoms with Crippen molar-refractivity contribution in [1.82, 2.24) is 10.6 Å². The van der Waals surface area contributed by atoms with E-state index in [0.29, 0.717) is 12.8 Å². The van der Waals surface area contributed by atoms with Gasteiger partial charge in [0.25, 0.3) is 0 Å². The first-order chi connectivity index (χ1) is 15.4. The van der Waals surface area contributed by atoms with Crippen molar-refractivity contribution in [2.45, 2.75) is 50.6 Å². The molecule has 32 heavy (non-hydrogen) atoms. The molecule has 0 aromatic heterocycles. The van der Waals surface area contributed by atoms with Gasteiger partial charge in [-0.15, -0.1) is 0 Å². The number of ether oxygens (including phenoxy) is 1. The lowest BCUT2D eigenvalue weighted by atomic mass is 9.85. The molecule has 0 spiro atoms. The molecule has 3 atom stereocenters. The third-order valence-corrected chi connectivity index (χ3v) is 6.44. The van der Waals surface area contributed by atoms with Crippen molar-refractivity contribution >= 4 is 18.0 Å². The SMILES string of the molecule is CC(NC(=O)OCC1c2ccccc2-c2ccccc21)C(=O)N[C@@H]1CCC[C@@H](C(=O)O)C1. The Kier molecular flexibility index (Phi) is 6.44. The molecule has 2 aliphatic carbocycles. The summed E-state index contributed by atoms with van der Waals surface area (Å²) < 4.78 is 5.49. The highest BCUT2D eigenvalue weighted by molar-refractivity contribution is 5.85. The molecule has 2 aromatic carbocycles. The summed E-state index contributed by atoms with van der Waals surface area (Å²) in [4.78, 5) is 36.1. The van der Waals surface area contributed by atoms with E-state index in [2.05, 4.69) is 22.8 Å². The molecule has 0 saturated heterocycles. The Morgan fingerprint density at radius 2 is 1.66 bits per heavy atom. The Hall–Kier alpha value is -3.35. The topological polar surface area (TPSA) is 105 Å². The van der Waals surface area contributed by atoms with Crippen molar-refractivity contribution in [2.24, 2.45) is 5.92 Å². The van der Waals surface area contributed by atoms with Crippen LogP contribution in [-0.4, -0.2) is 41.8 Å². The van der Waals surface area contributed by atoms with E-state index in [9.17, 15) is 19.5 Å². The van der Waals surface area contributed by atoms with Gasteiger partial charge < -0.3 is 20.5 Å². The number of hydrogen-bond acceptors (Lipinski definition) is 4. The van der Waals surface area contributed by atoms with Gasteiger partial charge in [-0.1, -0.05) is 55.0 Å². The summed E-state index contributed by atoms with van der Waals surface area (Å²) in [6, 6.07) is 15.2. The van der Waals surface area contributed by atoms with Crippen LogP contribution in [0.5, 0.6) is 0 Å².